The molecule has 0 spiro atoms. The third-order valence-electron chi connectivity index (χ3n) is 3.96. The molecule has 1 fully saturated rings. The van der Waals surface area contributed by atoms with Crippen LogP contribution in [0.5, 0.6) is 0 Å². The van der Waals surface area contributed by atoms with E-state index < -0.39 is 6.04 Å². The molecule has 21 heavy (non-hydrogen) atoms. The predicted molar refractivity (Wildman–Crippen MR) is 78.3 cm³/mol. The van der Waals surface area contributed by atoms with E-state index >= 15 is 0 Å². The van der Waals surface area contributed by atoms with Gasteiger partial charge in [-0.25, -0.2) is 0 Å². The summed E-state index contributed by atoms with van der Waals surface area (Å²) < 4.78 is 0. The Balaban J connectivity index is 2.20. The summed E-state index contributed by atoms with van der Waals surface area (Å²) in [6.07, 6.45) is 1.41. The lowest BCUT2D eigenvalue weighted by atomic mass is 10.1. The van der Waals surface area contributed by atoms with Gasteiger partial charge < -0.3 is 14.6 Å². The van der Waals surface area contributed by atoms with E-state index in [0.717, 1.165) is 11.8 Å². The number of likely N-dealkylation sites (tertiary alicyclic amines) is 1. The minimum absolute atomic E-state index is 0.0823. The first-order valence-electron chi connectivity index (χ1n) is 7.08. The third kappa shape index (κ3) is 3.29. The predicted octanol–water partition coefficient (Wildman–Crippen LogP) is 1.22. The van der Waals surface area contributed by atoms with Crippen molar-refractivity contribution in [2.24, 2.45) is 0 Å². The van der Waals surface area contributed by atoms with Gasteiger partial charge in [-0.2, -0.15) is 0 Å². The first-order chi connectivity index (χ1) is 10.0. The second-order valence-electron chi connectivity index (χ2n) is 5.33. The Morgan fingerprint density at radius 3 is 2.48 bits per heavy atom. The lowest BCUT2D eigenvalue weighted by Gasteiger charge is -2.32. The van der Waals surface area contributed by atoms with Crippen LogP contribution < -0.4 is 0 Å². The topological polar surface area (TPSA) is 57.7 Å². The Morgan fingerprint density at radius 2 is 1.95 bits per heavy atom. The molecule has 1 saturated heterocycles. The molecule has 2 rings (SSSR count). The average Bonchev–Trinajstić information content (AvgIpc) is 2.89. The number of hydrogen-bond donors (Lipinski definition) is 0. The van der Waals surface area contributed by atoms with Crippen molar-refractivity contribution in [1.82, 2.24) is 9.80 Å². The highest BCUT2D eigenvalue weighted by Crippen LogP contribution is 2.24. The highest BCUT2D eigenvalue weighted by Gasteiger charge is 2.39. The molecular weight excluding hydrogens is 268 g/mol. The SMILES string of the molecule is CC(=O)N1CC[C@H](N(Cc2ccccc2)C(C)=O)[C@H]1C=O. The summed E-state index contributed by atoms with van der Waals surface area (Å²) in [6, 6.07) is 8.86. The van der Waals surface area contributed by atoms with E-state index in [1.807, 2.05) is 30.3 Å². The molecule has 0 aliphatic carbocycles. The van der Waals surface area contributed by atoms with Gasteiger partial charge in [0, 0.05) is 26.9 Å². The highest BCUT2D eigenvalue weighted by atomic mass is 16.2. The summed E-state index contributed by atoms with van der Waals surface area (Å²) in [5, 5.41) is 0. The normalized spacial score (nSPS) is 21.1. The quantitative estimate of drug-likeness (QED) is 0.783. The summed E-state index contributed by atoms with van der Waals surface area (Å²) in [7, 11) is 0. The van der Waals surface area contributed by atoms with Gasteiger partial charge in [0.2, 0.25) is 11.8 Å². The molecule has 0 radical (unpaired) electrons. The summed E-state index contributed by atoms with van der Waals surface area (Å²) in [4.78, 5) is 38.2. The van der Waals surface area contributed by atoms with Crippen LogP contribution in [0.3, 0.4) is 0 Å². The number of benzene rings is 1. The number of rotatable bonds is 4. The number of aldehydes is 1. The molecular formula is C16H20N2O3. The van der Waals surface area contributed by atoms with Gasteiger partial charge in [-0.05, 0) is 12.0 Å². The number of amides is 2. The van der Waals surface area contributed by atoms with E-state index in [0.29, 0.717) is 19.5 Å². The minimum atomic E-state index is -0.546. The molecule has 0 unspecified atom stereocenters. The molecule has 1 aliphatic heterocycles. The van der Waals surface area contributed by atoms with Crippen LogP contribution in [0.25, 0.3) is 0 Å². The zero-order valence-corrected chi connectivity index (χ0v) is 12.4. The minimum Gasteiger partial charge on any atom is -0.333 e. The standard InChI is InChI=1S/C16H20N2O3/c1-12(20)17-9-8-15(16(17)11-19)18(13(2)21)10-14-6-4-3-5-7-14/h3-7,11,15-16H,8-10H2,1-2H3/t15-,16+/m0/s1. The Hall–Kier alpha value is -2.17. The molecule has 0 N–H and O–H groups in total. The third-order valence-corrected chi connectivity index (χ3v) is 3.96. The van der Waals surface area contributed by atoms with Crippen LogP contribution in [-0.2, 0) is 20.9 Å². The maximum Gasteiger partial charge on any atom is 0.220 e. The zero-order valence-electron chi connectivity index (χ0n) is 12.4. The summed E-state index contributed by atoms with van der Waals surface area (Å²) in [6.45, 7) is 3.92. The fourth-order valence-electron chi connectivity index (χ4n) is 2.91. The van der Waals surface area contributed by atoms with Gasteiger partial charge in [-0.1, -0.05) is 30.3 Å². The number of hydrogen-bond acceptors (Lipinski definition) is 3. The largest absolute Gasteiger partial charge is 0.333 e. The van der Waals surface area contributed by atoms with Crippen LogP contribution in [0, 0.1) is 0 Å². The van der Waals surface area contributed by atoms with Crippen molar-refractivity contribution in [1.29, 1.82) is 0 Å². The number of carbonyl (C=O) groups excluding carboxylic acids is 3. The van der Waals surface area contributed by atoms with Crippen molar-refractivity contribution < 1.29 is 14.4 Å². The molecule has 0 aromatic heterocycles. The second-order valence-corrected chi connectivity index (χ2v) is 5.33. The molecule has 1 aromatic rings. The van der Waals surface area contributed by atoms with E-state index in [1.165, 1.54) is 13.8 Å². The molecule has 1 aromatic carbocycles. The fourth-order valence-corrected chi connectivity index (χ4v) is 2.91. The van der Waals surface area contributed by atoms with Crippen LogP contribution in [0.15, 0.2) is 30.3 Å². The molecule has 5 nitrogen and oxygen atoms in total. The van der Waals surface area contributed by atoms with E-state index in [4.69, 9.17) is 0 Å². The summed E-state index contributed by atoms with van der Waals surface area (Å²) in [5.74, 6) is -0.209. The van der Waals surface area contributed by atoms with Gasteiger partial charge in [0.1, 0.15) is 12.3 Å². The molecule has 1 heterocycles. The zero-order chi connectivity index (χ0) is 15.4. The molecule has 2 amide bonds. The maximum absolute atomic E-state index is 12.0. The molecule has 112 valence electrons. The molecule has 1 aliphatic rings. The lowest BCUT2D eigenvalue weighted by Crippen LogP contribution is -2.48. The monoisotopic (exact) mass is 288 g/mol. The van der Waals surface area contributed by atoms with Crippen molar-refractivity contribution in [3.63, 3.8) is 0 Å². The number of carbonyl (C=O) groups is 3. The summed E-state index contributed by atoms with van der Waals surface area (Å²) >= 11 is 0. The maximum atomic E-state index is 12.0. The Labute approximate surface area is 124 Å². The van der Waals surface area contributed by atoms with Gasteiger partial charge in [0.05, 0.1) is 6.04 Å². The van der Waals surface area contributed by atoms with Crippen molar-refractivity contribution in [2.45, 2.75) is 38.9 Å². The first kappa shape index (κ1) is 15.2. The smallest absolute Gasteiger partial charge is 0.220 e. The molecule has 5 heteroatoms. The van der Waals surface area contributed by atoms with Gasteiger partial charge in [0.15, 0.2) is 0 Å². The first-order valence-corrected chi connectivity index (χ1v) is 7.08. The van der Waals surface area contributed by atoms with Crippen molar-refractivity contribution in [2.75, 3.05) is 6.54 Å². The van der Waals surface area contributed by atoms with Crippen molar-refractivity contribution >= 4 is 18.1 Å². The average molecular weight is 288 g/mol. The molecule has 0 bridgehead atoms. The van der Waals surface area contributed by atoms with Gasteiger partial charge in [-0.3, -0.25) is 9.59 Å². The van der Waals surface area contributed by atoms with E-state index in [9.17, 15) is 14.4 Å². The van der Waals surface area contributed by atoms with Crippen LogP contribution in [0.1, 0.15) is 25.8 Å². The van der Waals surface area contributed by atoms with Crippen molar-refractivity contribution in [3.8, 4) is 0 Å². The lowest BCUT2D eigenvalue weighted by molar-refractivity contribution is -0.137. The summed E-state index contributed by atoms with van der Waals surface area (Å²) in [5.41, 5.74) is 1.01. The molecule has 2 atom stereocenters. The fraction of sp³-hybridized carbons (Fsp3) is 0.438. The Morgan fingerprint density at radius 1 is 1.29 bits per heavy atom. The van der Waals surface area contributed by atoms with Crippen LogP contribution in [-0.4, -0.2) is 46.5 Å². The number of nitrogens with zero attached hydrogens (tertiary/aromatic N) is 2. The van der Waals surface area contributed by atoms with Gasteiger partial charge >= 0.3 is 0 Å². The van der Waals surface area contributed by atoms with Crippen LogP contribution in [0.4, 0.5) is 0 Å². The van der Waals surface area contributed by atoms with Gasteiger partial charge in [0.25, 0.3) is 0 Å². The van der Waals surface area contributed by atoms with Crippen LogP contribution >= 0.6 is 0 Å². The van der Waals surface area contributed by atoms with E-state index in [-0.39, 0.29) is 17.9 Å². The molecule has 0 saturated carbocycles. The van der Waals surface area contributed by atoms with Crippen molar-refractivity contribution in [3.05, 3.63) is 35.9 Å². The second kappa shape index (κ2) is 6.52. The van der Waals surface area contributed by atoms with Crippen LogP contribution in [0.2, 0.25) is 0 Å². The Kier molecular flexibility index (Phi) is 4.73. The van der Waals surface area contributed by atoms with Gasteiger partial charge in [-0.15, -0.1) is 0 Å². The Bertz CT molecular complexity index is 530. The van der Waals surface area contributed by atoms with E-state index in [2.05, 4.69) is 0 Å². The van der Waals surface area contributed by atoms with E-state index in [1.54, 1.807) is 9.80 Å². The highest BCUT2D eigenvalue weighted by molar-refractivity contribution is 5.80.